The second-order valence-corrected chi connectivity index (χ2v) is 8.80. The minimum atomic E-state index is -1.07. The van der Waals surface area contributed by atoms with Gasteiger partial charge in [0.05, 0.1) is 0 Å². The highest BCUT2D eigenvalue weighted by Gasteiger charge is 2.18. The number of halogens is 6. The molecule has 4 rings (SSSR count). The first kappa shape index (κ1) is 25.5. The molecule has 186 valence electrons. The highest BCUT2D eigenvalue weighted by Crippen LogP contribution is 2.31. The first-order chi connectivity index (χ1) is 17.2. The largest absolute Gasteiger partial charge is 0.203 e. The fourth-order valence-electron chi connectivity index (χ4n) is 4.26. The van der Waals surface area contributed by atoms with Crippen LogP contribution in [0.5, 0.6) is 0 Å². The summed E-state index contributed by atoms with van der Waals surface area (Å²) in [5, 5.41) is 0. The summed E-state index contributed by atoms with van der Waals surface area (Å²) in [6.45, 7) is 3.33. The highest BCUT2D eigenvalue weighted by molar-refractivity contribution is 5.71. The molecule has 0 saturated carbocycles. The molecule has 0 amide bonds. The quantitative estimate of drug-likeness (QED) is 0.223. The van der Waals surface area contributed by atoms with Crippen molar-refractivity contribution in [2.75, 3.05) is 0 Å². The fraction of sp³-hybridized carbons (Fsp3) is 0.200. The summed E-state index contributed by atoms with van der Waals surface area (Å²) in [4.78, 5) is 0. The van der Waals surface area contributed by atoms with Crippen molar-refractivity contribution in [1.29, 1.82) is 0 Å². The maximum Gasteiger partial charge on any atom is 0.166 e. The van der Waals surface area contributed by atoms with Gasteiger partial charge in [0.2, 0.25) is 0 Å². The molecule has 0 unspecified atom stereocenters. The Balaban J connectivity index is 1.55. The molecule has 0 spiro atoms. The lowest BCUT2D eigenvalue weighted by Crippen LogP contribution is -2.03. The molecule has 0 N–H and O–H groups in total. The van der Waals surface area contributed by atoms with Crippen LogP contribution in [0.15, 0.2) is 60.7 Å². The van der Waals surface area contributed by atoms with Gasteiger partial charge in [0.15, 0.2) is 34.9 Å². The maximum absolute atomic E-state index is 14.9. The lowest BCUT2D eigenvalue weighted by molar-refractivity contribution is 0.485. The molecule has 0 aliphatic heterocycles. The molecule has 4 aromatic rings. The summed E-state index contributed by atoms with van der Waals surface area (Å²) in [5.41, 5.74) is 1.45. The van der Waals surface area contributed by atoms with Crippen molar-refractivity contribution in [3.05, 3.63) is 118 Å². The van der Waals surface area contributed by atoms with E-state index in [0.29, 0.717) is 29.5 Å². The van der Waals surface area contributed by atoms with Crippen LogP contribution in [0, 0.1) is 41.8 Å². The number of hydrogen-bond donors (Lipinski definition) is 0. The predicted octanol–water partition coefficient (Wildman–Crippen LogP) is 8.90. The molecule has 0 atom stereocenters. The molecule has 0 nitrogen and oxygen atoms in total. The molecule has 0 aliphatic rings. The first-order valence-electron chi connectivity index (χ1n) is 11.7. The van der Waals surface area contributed by atoms with Crippen LogP contribution in [0.3, 0.4) is 0 Å². The van der Waals surface area contributed by atoms with E-state index in [4.69, 9.17) is 0 Å². The Labute approximate surface area is 206 Å². The van der Waals surface area contributed by atoms with E-state index in [1.807, 2.05) is 6.92 Å². The molecule has 0 bridgehead atoms. The van der Waals surface area contributed by atoms with Crippen LogP contribution >= 0.6 is 0 Å². The molecule has 0 heterocycles. The summed E-state index contributed by atoms with van der Waals surface area (Å²) in [5.74, 6) is -5.89. The molecule has 0 fully saturated rings. The standard InChI is InChI=1S/C30H24F6/c1-3-4-20-10-11-21(27(33)26(20)32)12-13-22-14-16-24(30(36)28(22)34)19-8-6-18(7-9-19)23-15-5-17(2)25(31)29(23)35/h5-11,14-16H,3-4,12-13H2,1-2H3. The van der Waals surface area contributed by atoms with E-state index in [-0.39, 0.29) is 40.7 Å². The van der Waals surface area contributed by atoms with Crippen molar-refractivity contribution in [3.63, 3.8) is 0 Å². The summed E-state index contributed by atoms with van der Waals surface area (Å²) < 4.78 is 86.6. The van der Waals surface area contributed by atoms with E-state index < -0.39 is 34.9 Å². The molecular formula is C30H24F6. The average Bonchev–Trinajstić information content (AvgIpc) is 2.88. The summed E-state index contributed by atoms with van der Waals surface area (Å²) in [7, 11) is 0. The zero-order valence-corrected chi connectivity index (χ0v) is 19.9. The van der Waals surface area contributed by atoms with Crippen molar-refractivity contribution < 1.29 is 26.3 Å². The van der Waals surface area contributed by atoms with Gasteiger partial charge < -0.3 is 0 Å². The number of benzene rings is 4. The van der Waals surface area contributed by atoms with Gasteiger partial charge in [-0.25, -0.2) is 26.3 Å². The Bertz CT molecular complexity index is 1410. The van der Waals surface area contributed by atoms with Crippen LogP contribution in [0.25, 0.3) is 22.3 Å². The monoisotopic (exact) mass is 498 g/mol. The van der Waals surface area contributed by atoms with E-state index in [1.54, 1.807) is 0 Å². The summed E-state index contributed by atoms with van der Waals surface area (Å²) >= 11 is 0. The summed E-state index contributed by atoms with van der Waals surface area (Å²) in [6, 6.07) is 14.8. The van der Waals surface area contributed by atoms with Crippen molar-refractivity contribution in [2.24, 2.45) is 0 Å². The molecule has 0 saturated heterocycles. The Hall–Kier alpha value is -3.54. The Morgan fingerprint density at radius 3 is 1.33 bits per heavy atom. The van der Waals surface area contributed by atoms with Gasteiger partial charge in [-0.2, -0.15) is 0 Å². The Morgan fingerprint density at radius 1 is 0.444 bits per heavy atom. The third-order valence-electron chi connectivity index (χ3n) is 6.37. The van der Waals surface area contributed by atoms with Crippen molar-refractivity contribution in [3.8, 4) is 22.3 Å². The van der Waals surface area contributed by atoms with Crippen molar-refractivity contribution in [2.45, 2.75) is 39.5 Å². The van der Waals surface area contributed by atoms with Gasteiger partial charge in [-0.05, 0) is 59.6 Å². The van der Waals surface area contributed by atoms with E-state index >= 15 is 0 Å². The van der Waals surface area contributed by atoms with Gasteiger partial charge in [0, 0.05) is 11.1 Å². The Morgan fingerprint density at radius 2 is 0.833 bits per heavy atom. The average molecular weight is 499 g/mol. The van der Waals surface area contributed by atoms with Crippen LogP contribution in [0.1, 0.15) is 35.6 Å². The molecule has 0 aliphatic carbocycles. The van der Waals surface area contributed by atoms with Crippen LogP contribution < -0.4 is 0 Å². The zero-order chi connectivity index (χ0) is 26.0. The van der Waals surface area contributed by atoms with E-state index in [0.717, 1.165) is 0 Å². The molecule has 6 heteroatoms. The highest BCUT2D eigenvalue weighted by atomic mass is 19.2. The van der Waals surface area contributed by atoms with Gasteiger partial charge >= 0.3 is 0 Å². The zero-order valence-electron chi connectivity index (χ0n) is 19.9. The normalized spacial score (nSPS) is 11.2. The fourth-order valence-corrected chi connectivity index (χ4v) is 4.26. The van der Waals surface area contributed by atoms with Crippen molar-refractivity contribution in [1.82, 2.24) is 0 Å². The SMILES string of the molecule is CCCc1ccc(CCc2ccc(-c3ccc(-c4ccc(C)c(F)c4F)cc3)c(F)c2F)c(F)c1F. The smallest absolute Gasteiger partial charge is 0.166 e. The lowest BCUT2D eigenvalue weighted by atomic mass is 9.96. The molecular weight excluding hydrogens is 474 g/mol. The third kappa shape index (κ3) is 4.90. The van der Waals surface area contributed by atoms with E-state index in [9.17, 15) is 26.3 Å². The molecule has 36 heavy (non-hydrogen) atoms. The lowest BCUT2D eigenvalue weighted by Gasteiger charge is -2.11. The van der Waals surface area contributed by atoms with Gasteiger partial charge in [0.1, 0.15) is 0 Å². The van der Waals surface area contributed by atoms with Crippen molar-refractivity contribution >= 4 is 0 Å². The van der Waals surface area contributed by atoms with Gasteiger partial charge in [-0.15, -0.1) is 0 Å². The Kier molecular flexibility index (Phi) is 7.53. The third-order valence-corrected chi connectivity index (χ3v) is 6.37. The minimum Gasteiger partial charge on any atom is -0.203 e. The molecule has 0 aromatic heterocycles. The number of rotatable bonds is 7. The number of hydrogen-bond acceptors (Lipinski definition) is 0. The maximum atomic E-state index is 14.9. The van der Waals surface area contributed by atoms with Crippen LogP contribution in [-0.4, -0.2) is 0 Å². The van der Waals surface area contributed by atoms with Gasteiger partial charge in [-0.3, -0.25) is 0 Å². The van der Waals surface area contributed by atoms with E-state index in [1.165, 1.54) is 67.6 Å². The van der Waals surface area contributed by atoms with Gasteiger partial charge in [0.25, 0.3) is 0 Å². The van der Waals surface area contributed by atoms with E-state index in [2.05, 4.69) is 0 Å². The number of aryl methyl sites for hydroxylation is 4. The van der Waals surface area contributed by atoms with Crippen LogP contribution in [0.4, 0.5) is 26.3 Å². The van der Waals surface area contributed by atoms with Crippen LogP contribution in [0.2, 0.25) is 0 Å². The second-order valence-electron chi connectivity index (χ2n) is 8.80. The molecule has 0 radical (unpaired) electrons. The summed E-state index contributed by atoms with van der Waals surface area (Å²) in [6.07, 6.45) is 1.10. The second kappa shape index (κ2) is 10.6. The van der Waals surface area contributed by atoms with Crippen LogP contribution in [-0.2, 0) is 19.3 Å². The predicted molar refractivity (Wildman–Crippen MR) is 130 cm³/mol. The minimum absolute atomic E-state index is 0.000461. The first-order valence-corrected chi connectivity index (χ1v) is 11.7. The topological polar surface area (TPSA) is 0 Å². The van der Waals surface area contributed by atoms with Gasteiger partial charge in [-0.1, -0.05) is 74.0 Å². The molecule has 4 aromatic carbocycles.